The molecule has 3 aliphatic rings. The Balaban J connectivity index is 0.952. The smallest absolute Gasteiger partial charge is 0.295 e. The van der Waals surface area contributed by atoms with Crippen LogP contribution >= 0.6 is 12.0 Å². The number of hydrogen-bond acceptors (Lipinski definition) is 16. The van der Waals surface area contributed by atoms with Crippen molar-refractivity contribution in [3.05, 3.63) is 161 Å². The molecule has 3 heterocycles. The summed E-state index contributed by atoms with van der Waals surface area (Å²) in [5, 5.41) is 16.7. The first-order valence-electron chi connectivity index (χ1n) is 27.5. The van der Waals surface area contributed by atoms with Crippen LogP contribution in [0.5, 0.6) is 11.5 Å². The number of nitrogens with one attached hydrogen (secondary N) is 1. The Labute approximate surface area is 505 Å². The first kappa shape index (κ1) is 64.0. The molecular weight excluding hydrogens is 1210 g/mol. The van der Waals surface area contributed by atoms with Gasteiger partial charge in [-0.05, 0) is 109 Å². The Morgan fingerprint density at radius 2 is 1.49 bits per heavy atom. The molecule has 9 rings (SSSR count). The Morgan fingerprint density at radius 3 is 2.21 bits per heavy atom. The molecule has 0 radical (unpaired) electrons. The van der Waals surface area contributed by atoms with Crippen molar-refractivity contribution in [1.29, 1.82) is 0 Å². The number of ether oxygens (including phenoxy) is 2. The van der Waals surface area contributed by atoms with Crippen molar-refractivity contribution in [2.24, 2.45) is 0 Å². The minimum absolute atomic E-state index is 0.0282. The van der Waals surface area contributed by atoms with E-state index in [-0.39, 0.29) is 66.6 Å². The number of benzene rings is 6. The topological polar surface area (TPSA) is 293 Å². The lowest BCUT2D eigenvalue weighted by Crippen LogP contribution is -2.30. The van der Waals surface area contributed by atoms with Gasteiger partial charge in [-0.2, -0.15) is 29.8 Å². The van der Waals surface area contributed by atoms with E-state index in [1.807, 2.05) is 110 Å². The summed E-state index contributed by atoms with van der Waals surface area (Å²) >= 11 is 0.855. The summed E-state index contributed by atoms with van der Waals surface area (Å²) in [7, 11) is -16.9. The van der Waals surface area contributed by atoms with Gasteiger partial charge in [0.25, 0.3) is 30.4 Å². The summed E-state index contributed by atoms with van der Waals surface area (Å²) in [6, 6.07) is 29.4. The average molecular weight is 1280 g/mol. The molecule has 21 nitrogen and oxygen atoms in total. The molecule has 0 aliphatic carbocycles. The van der Waals surface area contributed by atoms with Gasteiger partial charge in [0.15, 0.2) is 17.2 Å². The Kier molecular flexibility index (Phi) is 19.1. The van der Waals surface area contributed by atoms with Crippen LogP contribution in [0.25, 0.3) is 21.5 Å². The fourth-order valence-corrected chi connectivity index (χ4v) is 15.5. The lowest BCUT2D eigenvalue weighted by molar-refractivity contribution is -0.438. The predicted octanol–water partition coefficient (Wildman–Crippen LogP) is 9.86. The lowest BCUT2D eigenvalue weighted by atomic mass is 9.79. The molecule has 0 fully saturated rings. The number of nitrogens with zero attached hydrogens (tertiary/aromatic N) is 3. The molecule has 0 saturated heterocycles. The number of carbonyl (C=O) groups is 1. The normalized spacial score (nSPS) is 16.6. The second-order valence-corrected chi connectivity index (χ2v) is 29.3. The maximum Gasteiger partial charge on any atom is 0.295 e. The van der Waals surface area contributed by atoms with E-state index in [4.69, 9.17) is 14.7 Å². The largest absolute Gasteiger partial charge is 0.454 e. The van der Waals surface area contributed by atoms with Crippen LogP contribution in [0.3, 0.4) is 0 Å². The van der Waals surface area contributed by atoms with Gasteiger partial charge in [0, 0.05) is 109 Å². The van der Waals surface area contributed by atoms with Crippen LogP contribution in [-0.2, 0) is 65.4 Å². The Bertz CT molecular complexity index is 4210. The molecule has 26 heteroatoms. The van der Waals surface area contributed by atoms with Crippen LogP contribution < -0.4 is 19.7 Å². The standard InChI is InChI=1S/C60H66N4O17S5/c1-59(2)54(20-10-7-11-21-55-60(3,4)58-47-37-42(85(72,73)74)38-53(86(75,76)77)45(47)25-27-49(58)63(55)32-14-34-82-81-80-66)64(33-15-35-83(67,68)69)48-26-24-44-46(57(48)59)18-12-19-52(44)84(70,71)62(5)31-13-22-56(65)61-30-29-43(40-16-8-6-9-17-40)41-23-28-50-51(36-41)79-39-78-50/h6-12,16-21,23-28,36-38,43H,13-15,22,29-35,39H2,1-5H3,(H4-,61,65,66,67,68,69,72,73,74,75,76,77)/p+1. The van der Waals surface area contributed by atoms with Crippen LogP contribution in [0, 0.1) is 0 Å². The molecule has 0 spiro atoms. The molecule has 0 bridgehead atoms. The van der Waals surface area contributed by atoms with Gasteiger partial charge in [-0.25, -0.2) is 18.0 Å². The van der Waals surface area contributed by atoms with E-state index in [1.54, 1.807) is 42.5 Å². The van der Waals surface area contributed by atoms with Crippen LogP contribution in [-0.4, -0.2) is 125 Å². The van der Waals surface area contributed by atoms with Crippen molar-refractivity contribution in [2.45, 2.75) is 91.2 Å². The van der Waals surface area contributed by atoms with Crippen molar-refractivity contribution >= 4 is 97.0 Å². The molecule has 0 aromatic heterocycles. The summed E-state index contributed by atoms with van der Waals surface area (Å²) in [5.41, 5.74) is 4.35. The van der Waals surface area contributed by atoms with Gasteiger partial charge < -0.3 is 19.7 Å². The third-order valence-electron chi connectivity index (χ3n) is 15.8. The number of anilines is 1. The summed E-state index contributed by atoms with van der Waals surface area (Å²) < 4.78 is 152. The number of carbonyl (C=O) groups excluding carboxylic acids is 1. The SMILES string of the molecule is CN(CCCC(=O)NCCC(c1ccccc1)c1ccc2c(c1)OCO2)S(=O)(=O)c1cccc2c3c(ccc12)N(CCCS(=O)(=O)O)C(=CC=CC=CC1=[N+](CCCSOOO)c2ccc4c(S(=O)(=O)O)cc(S(=O)(=O)O)cc4c2C1(C)C)C3(C)C. The van der Waals surface area contributed by atoms with Crippen LogP contribution in [0.1, 0.15) is 88.0 Å². The quantitative estimate of drug-likeness (QED) is 0.00642. The molecule has 5 N–H and O–H groups in total. The highest BCUT2D eigenvalue weighted by Gasteiger charge is 2.46. The Morgan fingerprint density at radius 1 is 0.756 bits per heavy atom. The molecule has 458 valence electrons. The maximum absolute atomic E-state index is 14.5. The highest BCUT2D eigenvalue weighted by atomic mass is 32.2. The van der Waals surface area contributed by atoms with E-state index >= 15 is 0 Å². The molecule has 1 amide bonds. The fraction of sp³-hybridized carbons (Fsp3) is 0.333. The van der Waals surface area contributed by atoms with Crippen LogP contribution in [0.15, 0.2) is 154 Å². The summed E-state index contributed by atoms with van der Waals surface area (Å²) in [5.74, 6) is 0.968. The molecule has 1 atom stereocenters. The zero-order valence-electron chi connectivity index (χ0n) is 47.7. The van der Waals surface area contributed by atoms with Gasteiger partial charge in [-0.15, -0.1) is 4.33 Å². The van der Waals surface area contributed by atoms with Gasteiger partial charge in [-0.3, -0.25) is 18.5 Å². The van der Waals surface area contributed by atoms with Gasteiger partial charge >= 0.3 is 0 Å². The van der Waals surface area contributed by atoms with Crippen LogP contribution in [0.4, 0.5) is 11.4 Å². The van der Waals surface area contributed by atoms with E-state index in [2.05, 4.69) is 14.7 Å². The zero-order valence-corrected chi connectivity index (χ0v) is 51.8. The van der Waals surface area contributed by atoms with Crippen molar-refractivity contribution < 1.29 is 80.8 Å². The monoisotopic (exact) mass is 1280 g/mol. The third-order valence-corrected chi connectivity index (χ3v) is 20.9. The average Bonchev–Trinajstić information content (AvgIpc) is 1.66. The lowest BCUT2D eigenvalue weighted by Gasteiger charge is -2.27. The minimum atomic E-state index is -4.98. The van der Waals surface area contributed by atoms with E-state index < -0.39 is 66.8 Å². The van der Waals surface area contributed by atoms with E-state index in [9.17, 15) is 52.1 Å². The van der Waals surface area contributed by atoms with E-state index in [0.29, 0.717) is 82.7 Å². The number of rotatable bonds is 26. The van der Waals surface area contributed by atoms with Gasteiger partial charge in [0.2, 0.25) is 28.4 Å². The number of sulfonamides is 1. The second-order valence-electron chi connectivity index (χ2n) is 22.1. The molecular formula is C60H67N4O17S5+. The molecule has 6 aromatic carbocycles. The number of allylic oxidation sites excluding steroid dienone is 6. The number of fused-ring (bicyclic) bond motifs is 7. The third kappa shape index (κ3) is 13.6. The fourth-order valence-electron chi connectivity index (χ4n) is 11.9. The summed E-state index contributed by atoms with van der Waals surface area (Å²) in [6.07, 6.45) is 10.5. The van der Waals surface area contributed by atoms with Gasteiger partial charge in [0.05, 0.1) is 21.0 Å². The van der Waals surface area contributed by atoms with Crippen molar-refractivity contribution in [1.82, 2.24) is 9.62 Å². The second kappa shape index (κ2) is 25.7. The van der Waals surface area contributed by atoms with Crippen molar-refractivity contribution in [3.8, 4) is 11.5 Å². The van der Waals surface area contributed by atoms with Gasteiger partial charge in [-0.1, -0.05) is 91.7 Å². The first-order valence-corrected chi connectivity index (χ1v) is 34.3. The minimum Gasteiger partial charge on any atom is -0.454 e. The molecule has 3 aliphatic heterocycles. The summed E-state index contributed by atoms with van der Waals surface area (Å²) in [4.78, 5) is 13.8. The number of amides is 1. The maximum atomic E-state index is 14.5. The Hall–Kier alpha value is -6.53. The highest BCUT2D eigenvalue weighted by Crippen LogP contribution is 2.52. The molecule has 6 aromatic rings. The first-order chi connectivity index (χ1) is 40.6. The zero-order chi connectivity index (χ0) is 62.0. The van der Waals surface area contributed by atoms with Crippen molar-refractivity contribution in [3.63, 3.8) is 0 Å². The molecule has 0 saturated carbocycles. The number of hydrogen-bond donors (Lipinski definition) is 5. The van der Waals surface area contributed by atoms with E-state index in [1.165, 1.54) is 23.5 Å². The highest BCUT2D eigenvalue weighted by molar-refractivity contribution is 7.94. The molecule has 86 heavy (non-hydrogen) atoms. The van der Waals surface area contributed by atoms with Crippen LogP contribution in [0.2, 0.25) is 0 Å². The molecule has 1 unspecified atom stereocenters. The van der Waals surface area contributed by atoms with E-state index in [0.717, 1.165) is 34.4 Å². The predicted molar refractivity (Wildman–Crippen MR) is 328 cm³/mol. The summed E-state index contributed by atoms with van der Waals surface area (Å²) in [6.45, 7) is 8.80. The van der Waals surface area contributed by atoms with Crippen molar-refractivity contribution in [2.75, 3.05) is 56.4 Å². The van der Waals surface area contributed by atoms with Gasteiger partial charge in [0.1, 0.15) is 11.4 Å².